The van der Waals surface area contributed by atoms with Gasteiger partial charge in [0.05, 0.1) is 0 Å². The molecule has 3 heteroatoms. The molecule has 1 aromatic rings. The predicted octanol–water partition coefficient (Wildman–Crippen LogP) is 4.12. The van der Waals surface area contributed by atoms with Crippen molar-refractivity contribution in [3.8, 4) is 0 Å². The molecule has 0 unspecified atom stereocenters. The molecular formula is C10H13I2N. The highest BCUT2D eigenvalue weighted by molar-refractivity contribution is 15.0. The Hall–Kier alpha value is 0.480. The third kappa shape index (κ3) is 3.27. The van der Waals surface area contributed by atoms with E-state index in [9.17, 15) is 0 Å². The monoisotopic (exact) mass is 401 g/mol. The van der Waals surface area contributed by atoms with Crippen LogP contribution in [0.2, 0.25) is 0 Å². The van der Waals surface area contributed by atoms with Gasteiger partial charge in [0, 0.05) is 49.5 Å². The van der Waals surface area contributed by atoms with E-state index < -0.39 is 0 Å². The van der Waals surface area contributed by atoms with Crippen molar-refractivity contribution in [2.24, 2.45) is 0 Å². The molecule has 0 amide bonds. The van der Waals surface area contributed by atoms with E-state index in [0.717, 1.165) is 6.54 Å². The largest absolute Gasteiger partial charge is 0.385 e. The lowest BCUT2D eigenvalue weighted by Crippen LogP contribution is -2.11. The van der Waals surface area contributed by atoms with E-state index in [1.165, 1.54) is 29.7 Å². The summed E-state index contributed by atoms with van der Waals surface area (Å²) in [4.78, 5) is 0. The summed E-state index contributed by atoms with van der Waals surface area (Å²) in [5.41, 5.74) is 4.19. The van der Waals surface area contributed by atoms with Crippen molar-refractivity contribution in [2.75, 3.05) is 11.9 Å². The number of benzene rings is 1. The van der Waals surface area contributed by atoms with E-state index in [1.54, 1.807) is 0 Å². The summed E-state index contributed by atoms with van der Waals surface area (Å²) in [7, 11) is 0. The maximum absolute atomic E-state index is 3.39. The zero-order chi connectivity index (χ0) is 9.68. The predicted molar refractivity (Wildman–Crippen MR) is 76.0 cm³/mol. The third-order valence-corrected chi connectivity index (χ3v) is 2.20. The van der Waals surface area contributed by atoms with E-state index in [4.69, 9.17) is 0 Å². The summed E-state index contributed by atoms with van der Waals surface area (Å²) in [5.74, 6) is 0. The summed E-state index contributed by atoms with van der Waals surface area (Å²) in [5, 5.41) is 3.39. The first-order chi connectivity index (χ1) is 6.36. The Bertz CT molecular complexity index is 274. The fourth-order valence-corrected chi connectivity index (χ4v) is 1.60. The minimum atomic E-state index is 1.13. The number of hydrogen-bond acceptors (Lipinski definition) is 1. The van der Waals surface area contributed by atoms with Gasteiger partial charge in [-0.25, -0.2) is 0 Å². The molecule has 0 aliphatic carbocycles. The Balaban J connectivity index is 0.000000396. The van der Waals surface area contributed by atoms with Crippen molar-refractivity contribution < 1.29 is 0 Å². The van der Waals surface area contributed by atoms with Gasteiger partial charge in [-0.1, -0.05) is 17.7 Å². The van der Waals surface area contributed by atoms with Gasteiger partial charge < -0.3 is 5.32 Å². The number of nitrogens with one attached hydrogen (secondary N) is 1. The van der Waals surface area contributed by atoms with Crippen LogP contribution in [0.15, 0.2) is 18.2 Å². The fraction of sp³-hybridized carbons (Fsp3) is 0.400. The van der Waals surface area contributed by atoms with E-state index >= 15 is 0 Å². The molecule has 1 aromatic carbocycles. The number of rotatable bonds is 0. The van der Waals surface area contributed by atoms with Crippen molar-refractivity contribution in [1.82, 2.24) is 0 Å². The molecule has 0 spiro atoms. The lowest BCUT2D eigenvalue weighted by molar-refractivity contribution is 0.829. The number of aryl methyl sites for hydroxylation is 2. The second-order valence-electron chi connectivity index (χ2n) is 3.19. The van der Waals surface area contributed by atoms with Gasteiger partial charge in [0.2, 0.25) is 0 Å². The average molecular weight is 401 g/mol. The molecule has 0 saturated heterocycles. The SMILES string of the molecule is Cc1ccc2c(c1)CCCN2.II. The van der Waals surface area contributed by atoms with Crippen LogP contribution in [0.25, 0.3) is 0 Å². The van der Waals surface area contributed by atoms with Crippen LogP contribution in [-0.2, 0) is 6.42 Å². The van der Waals surface area contributed by atoms with Gasteiger partial charge >= 0.3 is 0 Å². The second kappa shape index (κ2) is 6.06. The Morgan fingerprint density at radius 1 is 1.31 bits per heavy atom. The van der Waals surface area contributed by atoms with Crippen LogP contribution in [0.4, 0.5) is 5.69 Å². The highest BCUT2D eigenvalue weighted by Gasteiger charge is 2.06. The van der Waals surface area contributed by atoms with Crippen molar-refractivity contribution in [2.45, 2.75) is 19.8 Å². The molecule has 0 atom stereocenters. The van der Waals surface area contributed by atoms with Crippen molar-refractivity contribution in [3.05, 3.63) is 29.3 Å². The maximum atomic E-state index is 3.39. The lowest BCUT2D eigenvalue weighted by Gasteiger charge is -2.17. The normalized spacial score (nSPS) is 13.5. The fourth-order valence-electron chi connectivity index (χ4n) is 1.60. The van der Waals surface area contributed by atoms with Crippen LogP contribution in [-0.4, -0.2) is 6.54 Å². The first kappa shape index (κ1) is 11.6. The Kier molecular flexibility index (Phi) is 5.38. The van der Waals surface area contributed by atoms with Crippen LogP contribution in [0, 0.1) is 6.92 Å². The lowest BCUT2D eigenvalue weighted by atomic mass is 10.0. The molecule has 2 rings (SSSR count). The quantitative estimate of drug-likeness (QED) is 0.646. The standard InChI is InChI=1S/C10H13N.I2/c1-8-4-5-10-9(7-8)3-2-6-11-10;1-2/h4-5,7,11H,2-3,6H2,1H3;. The molecule has 0 radical (unpaired) electrons. The average Bonchev–Trinajstić information content (AvgIpc) is 2.21. The molecule has 0 fully saturated rings. The van der Waals surface area contributed by atoms with Gasteiger partial charge in [0.1, 0.15) is 0 Å². The van der Waals surface area contributed by atoms with Crippen LogP contribution < -0.4 is 5.32 Å². The van der Waals surface area contributed by atoms with Crippen LogP contribution in [0.5, 0.6) is 0 Å². The molecule has 1 aliphatic rings. The first-order valence-corrected chi connectivity index (χ1v) is 10.6. The van der Waals surface area contributed by atoms with Crippen LogP contribution in [0.3, 0.4) is 0 Å². The van der Waals surface area contributed by atoms with E-state index in [1.807, 2.05) is 0 Å². The van der Waals surface area contributed by atoms with E-state index in [0.29, 0.717) is 0 Å². The summed E-state index contributed by atoms with van der Waals surface area (Å²) in [6.45, 7) is 3.28. The van der Waals surface area contributed by atoms with Crippen LogP contribution in [0.1, 0.15) is 17.5 Å². The first-order valence-electron chi connectivity index (χ1n) is 4.34. The van der Waals surface area contributed by atoms with Gasteiger partial charge in [-0.3, -0.25) is 0 Å². The van der Waals surface area contributed by atoms with Gasteiger partial charge in [-0.05, 0) is 31.4 Å². The number of halogens is 2. The van der Waals surface area contributed by atoms with Gasteiger partial charge in [0.15, 0.2) is 0 Å². The third-order valence-electron chi connectivity index (χ3n) is 2.20. The zero-order valence-electron chi connectivity index (χ0n) is 7.61. The number of hydrogen-bond donors (Lipinski definition) is 1. The minimum Gasteiger partial charge on any atom is -0.385 e. The number of fused-ring (bicyclic) bond motifs is 1. The summed E-state index contributed by atoms with van der Waals surface area (Å²) in [6.07, 6.45) is 2.51. The van der Waals surface area contributed by atoms with Gasteiger partial charge in [0.25, 0.3) is 0 Å². The second-order valence-corrected chi connectivity index (χ2v) is 3.19. The van der Waals surface area contributed by atoms with Gasteiger partial charge in [-0.2, -0.15) is 0 Å². The summed E-state index contributed by atoms with van der Waals surface area (Å²) >= 11 is 4.24. The van der Waals surface area contributed by atoms with E-state index in [2.05, 4.69) is 67.7 Å². The molecule has 1 N–H and O–H groups in total. The topological polar surface area (TPSA) is 12.0 Å². The Labute approximate surface area is 103 Å². The molecule has 0 saturated carbocycles. The summed E-state index contributed by atoms with van der Waals surface area (Å²) in [6, 6.07) is 6.63. The van der Waals surface area contributed by atoms with Crippen molar-refractivity contribution >= 4 is 42.9 Å². The molecule has 1 nitrogen and oxygen atoms in total. The van der Waals surface area contributed by atoms with E-state index in [-0.39, 0.29) is 0 Å². The molecule has 0 bridgehead atoms. The maximum Gasteiger partial charge on any atom is 0.0372 e. The van der Waals surface area contributed by atoms with Crippen molar-refractivity contribution in [3.63, 3.8) is 0 Å². The van der Waals surface area contributed by atoms with Crippen LogP contribution >= 0.6 is 37.2 Å². The Morgan fingerprint density at radius 2 is 2.08 bits per heavy atom. The molecule has 72 valence electrons. The molecule has 1 aliphatic heterocycles. The molecule has 1 heterocycles. The summed E-state index contributed by atoms with van der Waals surface area (Å²) < 4.78 is 0. The van der Waals surface area contributed by atoms with Crippen molar-refractivity contribution in [1.29, 1.82) is 0 Å². The highest BCUT2D eigenvalue weighted by Crippen LogP contribution is 2.22. The minimum absolute atomic E-state index is 1.13. The molecular weight excluding hydrogens is 388 g/mol. The smallest absolute Gasteiger partial charge is 0.0372 e. The van der Waals surface area contributed by atoms with Gasteiger partial charge in [-0.15, -0.1) is 0 Å². The highest BCUT2D eigenvalue weighted by atomic mass is 128. The Morgan fingerprint density at radius 3 is 2.85 bits per heavy atom. The number of anilines is 1. The molecule has 13 heavy (non-hydrogen) atoms. The zero-order valence-corrected chi connectivity index (χ0v) is 11.9. The molecule has 0 aromatic heterocycles.